The van der Waals surface area contributed by atoms with Crippen LogP contribution in [0.1, 0.15) is 77.6 Å². The summed E-state index contributed by atoms with van der Waals surface area (Å²) < 4.78 is 0. The Hall–Kier alpha value is -7.74. The van der Waals surface area contributed by atoms with Gasteiger partial charge in [0.1, 0.15) is 0 Å². The Morgan fingerprint density at radius 2 is 0.814 bits per heavy atom. The highest BCUT2D eigenvalue weighted by atomic mass is 15.1. The zero-order valence-electron chi connectivity index (χ0n) is 41.8. The minimum Gasteiger partial charge on any atom is -0.309 e. The minimum absolute atomic E-state index is 0.0140. The zero-order valence-corrected chi connectivity index (χ0v) is 41.8. The maximum atomic E-state index is 2.52. The van der Waals surface area contributed by atoms with Gasteiger partial charge in [0.05, 0.1) is 11.4 Å². The third kappa shape index (κ3) is 7.94. The van der Waals surface area contributed by atoms with Gasteiger partial charge in [0.2, 0.25) is 0 Å². The first kappa shape index (κ1) is 44.7. The van der Waals surface area contributed by atoms with Crippen molar-refractivity contribution in [1.29, 1.82) is 0 Å². The van der Waals surface area contributed by atoms with Crippen LogP contribution in [-0.2, 0) is 16.2 Å². The second kappa shape index (κ2) is 17.3. The number of nitrogens with zero attached hydrogens (tertiary/aromatic N) is 1. The summed E-state index contributed by atoms with van der Waals surface area (Å²) >= 11 is 0. The predicted molar refractivity (Wildman–Crippen MR) is 301 cm³/mol. The predicted octanol–water partition coefficient (Wildman–Crippen LogP) is 19.5. The highest BCUT2D eigenvalue weighted by Gasteiger charge is 2.37. The first-order valence-corrected chi connectivity index (χ1v) is 24.9. The van der Waals surface area contributed by atoms with E-state index in [1.165, 1.54) is 88.7 Å². The van der Waals surface area contributed by atoms with Gasteiger partial charge in [-0.3, -0.25) is 0 Å². The minimum atomic E-state index is -0.157. The Morgan fingerprint density at radius 1 is 0.329 bits per heavy atom. The molecule has 0 aromatic heterocycles. The van der Waals surface area contributed by atoms with Crippen molar-refractivity contribution in [1.82, 2.24) is 0 Å². The van der Waals surface area contributed by atoms with Crippen molar-refractivity contribution in [2.24, 2.45) is 0 Å². The number of anilines is 3. The normalized spacial score (nSPS) is 13.0. The fourth-order valence-corrected chi connectivity index (χ4v) is 11.0. The van der Waals surface area contributed by atoms with E-state index in [0.717, 1.165) is 28.2 Å². The Balaban J connectivity index is 1.14. The number of rotatable bonds is 8. The van der Waals surface area contributed by atoms with Crippen LogP contribution in [0.5, 0.6) is 0 Å². The number of benzene rings is 10. The van der Waals surface area contributed by atoms with E-state index in [-0.39, 0.29) is 16.2 Å². The first-order valence-electron chi connectivity index (χ1n) is 24.9. The average molecular weight is 904 g/mol. The molecule has 11 rings (SSSR count). The molecular weight excluding hydrogens is 843 g/mol. The van der Waals surface area contributed by atoms with E-state index in [2.05, 4.69) is 285 Å². The lowest BCUT2D eigenvalue weighted by Gasteiger charge is -2.31. The van der Waals surface area contributed by atoms with Crippen molar-refractivity contribution in [3.8, 4) is 66.8 Å². The molecule has 1 heteroatoms. The average Bonchev–Trinajstić information content (AvgIpc) is 3.62. The van der Waals surface area contributed by atoms with E-state index in [4.69, 9.17) is 0 Å². The third-order valence-corrected chi connectivity index (χ3v) is 14.8. The van der Waals surface area contributed by atoms with Crippen molar-refractivity contribution in [3.05, 3.63) is 247 Å². The SMILES string of the molecule is CC(C)(C)c1cc(-c2cccc3cccc(-c4ccccc4N(c4cccc(-c5cccc6c5C(C)(C)c5ccccc5-6)c4)c4ccccc4-c4ccc(-c5ccccc5)cc4)c23)cc(C(C)(C)C)c1. The summed E-state index contributed by atoms with van der Waals surface area (Å²) in [4.78, 5) is 2.52. The van der Waals surface area contributed by atoms with Gasteiger partial charge < -0.3 is 4.90 Å². The van der Waals surface area contributed by atoms with Gasteiger partial charge >= 0.3 is 0 Å². The second-order valence-electron chi connectivity index (χ2n) is 21.8. The third-order valence-electron chi connectivity index (χ3n) is 14.8. The standard InChI is InChI=1S/C69H61N/c1-67(2,3)52-42-51(43-53(45-52)68(4,5)6)56-31-19-24-49-25-20-33-60(65(49)56)59-30-14-17-37-64(59)70(63-36-16-13-28-55(63)48-40-38-47(39-41-48)46-22-10-9-11-23-46)54-27-18-26-50(44-54)57-32-21-34-61-58-29-12-15-35-62(58)69(7,8)66(57)61/h9-45H,1-8H3. The number of para-hydroxylation sites is 2. The quantitative estimate of drug-likeness (QED) is 0.147. The molecule has 0 spiro atoms. The molecule has 0 saturated heterocycles. The summed E-state index contributed by atoms with van der Waals surface area (Å²) in [5.74, 6) is 0. The second-order valence-corrected chi connectivity index (χ2v) is 21.8. The van der Waals surface area contributed by atoms with Gasteiger partial charge in [-0.2, -0.15) is 0 Å². The van der Waals surface area contributed by atoms with Gasteiger partial charge in [-0.25, -0.2) is 0 Å². The molecule has 0 unspecified atom stereocenters. The van der Waals surface area contributed by atoms with E-state index in [1.54, 1.807) is 0 Å². The van der Waals surface area contributed by atoms with Crippen LogP contribution >= 0.6 is 0 Å². The Bertz CT molecular complexity index is 3540. The maximum absolute atomic E-state index is 2.52. The van der Waals surface area contributed by atoms with E-state index < -0.39 is 0 Å². The van der Waals surface area contributed by atoms with Gasteiger partial charge in [-0.15, -0.1) is 0 Å². The Kier molecular flexibility index (Phi) is 11.1. The highest BCUT2D eigenvalue weighted by Crippen LogP contribution is 2.53. The van der Waals surface area contributed by atoms with Crippen molar-refractivity contribution >= 4 is 27.8 Å². The lowest BCUT2D eigenvalue weighted by Crippen LogP contribution is -2.16. The maximum Gasteiger partial charge on any atom is 0.0540 e. The molecule has 10 aromatic carbocycles. The van der Waals surface area contributed by atoms with Crippen LogP contribution in [0.25, 0.3) is 77.5 Å². The molecule has 0 amide bonds. The number of fused-ring (bicyclic) bond motifs is 4. The van der Waals surface area contributed by atoms with Crippen LogP contribution in [0.2, 0.25) is 0 Å². The number of hydrogen-bond acceptors (Lipinski definition) is 1. The molecule has 10 aromatic rings. The monoisotopic (exact) mass is 903 g/mol. The van der Waals surface area contributed by atoms with Crippen molar-refractivity contribution in [2.75, 3.05) is 4.90 Å². The molecule has 0 radical (unpaired) electrons. The van der Waals surface area contributed by atoms with Crippen molar-refractivity contribution in [2.45, 2.75) is 71.6 Å². The molecule has 0 bridgehead atoms. The highest BCUT2D eigenvalue weighted by molar-refractivity contribution is 6.09. The summed E-state index contributed by atoms with van der Waals surface area (Å²) in [7, 11) is 0. The molecule has 0 saturated carbocycles. The molecule has 0 fully saturated rings. The fourth-order valence-electron chi connectivity index (χ4n) is 11.0. The van der Waals surface area contributed by atoms with E-state index >= 15 is 0 Å². The van der Waals surface area contributed by atoms with Crippen molar-refractivity contribution in [3.63, 3.8) is 0 Å². The van der Waals surface area contributed by atoms with E-state index in [0.29, 0.717) is 0 Å². The summed E-state index contributed by atoms with van der Waals surface area (Å²) in [6, 6.07) is 83.7. The van der Waals surface area contributed by atoms with Gasteiger partial charge in [-0.05, 0) is 124 Å². The first-order chi connectivity index (χ1) is 33.8. The topological polar surface area (TPSA) is 3.24 Å². The molecule has 0 atom stereocenters. The fraction of sp³-hybridized carbons (Fsp3) is 0.159. The molecule has 0 heterocycles. The zero-order chi connectivity index (χ0) is 48.4. The van der Waals surface area contributed by atoms with Gasteiger partial charge in [0.15, 0.2) is 0 Å². The number of hydrogen-bond donors (Lipinski definition) is 0. The molecular formula is C69H61N. The van der Waals surface area contributed by atoms with Crippen molar-refractivity contribution < 1.29 is 0 Å². The summed E-state index contributed by atoms with van der Waals surface area (Å²) in [5.41, 5.74) is 23.3. The van der Waals surface area contributed by atoms with Crippen LogP contribution in [0.4, 0.5) is 17.1 Å². The lowest BCUT2D eigenvalue weighted by molar-refractivity contribution is 0.569. The molecule has 70 heavy (non-hydrogen) atoms. The molecule has 0 N–H and O–H groups in total. The van der Waals surface area contributed by atoms with Crippen LogP contribution < -0.4 is 4.90 Å². The molecule has 1 aliphatic carbocycles. The van der Waals surface area contributed by atoms with E-state index in [1.807, 2.05) is 0 Å². The van der Waals surface area contributed by atoms with Crippen LogP contribution in [0.3, 0.4) is 0 Å². The smallest absolute Gasteiger partial charge is 0.0540 e. The Labute approximate surface area is 415 Å². The van der Waals surface area contributed by atoms with Gasteiger partial charge in [0.25, 0.3) is 0 Å². The summed E-state index contributed by atoms with van der Waals surface area (Å²) in [6.07, 6.45) is 0. The van der Waals surface area contributed by atoms with Crippen LogP contribution in [0.15, 0.2) is 224 Å². The largest absolute Gasteiger partial charge is 0.309 e. The molecule has 0 aliphatic heterocycles. The van der Waals surface area contributed by atoms with Crippen LogP contribution in [0, 0.1) is 0 Å². The molecule has 342 valence electrons. The van der Waals surface area contributed by atoms with Gasteiger partial charge in [0, 0.05) is 22.2 Å². The summed E-state index contributed by atoms with van der Waals surface area (Å²) in [5, 5.41) is 2.47. The summed E-state index contributed by atoms with van der Waals surface area (Å²) in [6.45, 7) is 18.7. The van der Waals surface area contributed by atoms with E-state index in [9.17, 15) is 0 Å². The molecule has 1 aliphatic rings. The van der Waals surface area contributed by atoms with Crippen LogP contribution in [-0.4, -0.2) is 0 Å². The van der Waals surface area contributed by atoms with Gasteiger partial charge in [-0.1, -0.05) is 256 Å². The Morgan fingerprint density at radius 3 is 1.50 bits per heavy atom. The lowest BCUT2D eigenvalue weighted by atomic mass is 9.78. The molecule has 1 nitrogen and oxygen atoms in total.